The van der Waals surface area contributed by atoms with Crippen LogP contribution in [0.25, 0.3) is 0 Å². The Balaban J connectivity index is 1.35. The van der Waals surface area contributed by atoms with Crippen molar-refractivity contribution in [1.82, 2.24) is 31.2 Å². The molecule has 1 aliphatic heterocycles. The minimum absolute atomic E-state index is 0.0326. The summed E-state index contributed by atoms with van der Waals surface area (Å²) in [7, 11) is 0. The molecule has 0 radical (unpaired) electrons. The van der Waals surface area contributed by atoms with Crippen molar-refractivity contribution in [2.24, 2.45) is 11.7 Å². The first-order valence-corrected chi connectivity index (χ1v) is 14.0. The molecule has 232 valence electrons. The molecule has 3 amide bonds. The van der Waals surface area contributed by atoms with Gasteiger partial charge in [-0.1, -0.05) is 12.2 Å². The number of fused-ring (bicyclic) bond motifs is 1. The first kappa shape index (κ1) is 32.8. The number of amides is 3. The van der Waals surface area contributed by atoms with Gasteiger partial charge in [0, 0.05) is 25.6 Å². The molecule has 0 fully saturated rings. The second-order valence-corrected chi connectivity index (χ2v) is 11.1. The molecule has 15 heteroatoms. The lowest BCUT2D eigenvalue weighted by Gasteiger charge is -2.25. The maximum Gasteiger partial charge on any atom is 0.326 e. The number of hydrogen-bond donors (Lipinski definition) is 7. The van der Waals surface area contributed by atoms with E-state index in [1.54, 1.807) is 12.3 Å². The first-order chi connectivity index (χ1) is 19.9. The lowest BCUT2D eigenvalue weighted by molar-refractivity contribution is -0.142. The fourth-order valence-corrected chi connectivity index (χ4v) is 4.28. The number of nitrogens with one attached hydrogen (secondary N) is 5. The van der Waals surface area contributed by atoms with E-state index >= 15 is 0 Å². The minimum Gasteiger partial charge on any atom is -0.480 e. The van der Waals surface area contributed by atoms with E-state index in [9.17, 15) is 24.3 Å². The van der Waals surface area contributed by atoms with Crippen molar-refractivity contribution in [3.05, 3.63) is 29.7 Å². The van der Waals surface area contributed by atoms with Crippen molar-refractivity contribution in [3.63, 3.8) is 0 Å². The summed E-state index contributed by atoms with van der Waals surface area (Å²) in [5, 5.41) is 23.5. The van der Waals surface area contributed by atoms with Crippen LogP contribution in [0.3, 0.4) is 0 Å². The van der Waals surface area contributed by atoms with E-state index in [1.165, 1.54) is 0 Å². The summed E-state index contributed by atoms with van der Waals surface area (Å²) < 4.78 is 11.0. The maximum absolute atomic E-state index is 12.7. The topological polar surface area (TPSA) is 219 Å². The number of ether oxygens (including phenoxy) is 2. The van der Waals surface area contributed by atoms with Crippen molar-refractivity contribution in [3.8, 4) is 0 Å². The van der Waals surface area contributed by atoms with Crippen molar-refractivity contribution < 1.29 is 33.8 Å². The van der Waals surface area contributed by atoms with Gasteiger partial charge >= 0.3 is 5.97 Å². The Morgan fingerprint density at radius 1 is 1.17 bits per heavy atom. The Kier molecular flexibility index (Phi) is 12.2. The summed E-state index contributed by atoms with van der Waals surface area (Å²) in [5.41, 5.74) is 6.17. The number of nitrogens with two attached hydrogens (primary N) is 1. The number of nitrogens with zero attached hydrogens (tertiary/aromatic N) is 2. The lowest BCUT2D eigenvalue weighted by atomic mass is 9.91. The lowest BCUT2D eigenvalue weighted by Crippen LogP contribution is -2.51. The van der Waals surface area contributed by atoms with Crippen LogP contribution in [0.1, 0.15) is 62.6 Å². The molecule has 0 bridgehead atoms. The second-order valence-electron chi connectivity index (χ2n) is 11.1. The molecule has 1 aliphatic carbocycles. The number of hydrogen-bond acceptors (Lipinski definition) is 11. The Hall–Kier alpha value is -3.66. The molecule has 15 nitrogen and oxygen atoms in total. The molecular formula is C27H42N8O7. The third-order valence-corrected chi connectivity index (χ3v) is 6.47. The van der Waals surface area contributed by atoms with Gasteiger partial charge in [0.15, 0.2) is 17.8 Å². The highest BCUT2D eigenvalue weighted by Gasteiger charge is 2.27. The Labute approximate surface area is 244 Å². The Morgan fingerprint density at radius 2 is 1.95 bits per heavy atom. The van der Waals surface area contributed by atoms with Crippen molar-refractivity contribution in [2.45, 2.75) is 77.0 Å². The molecule has 42 heavy (non-hydrogen) atoms. The summed E-state index contributed by atoms with van der Waals surface area (Å²) in [6.07, 6.45) is 5.49. The number of carbonyl (C=O) groups is 4. The third-order valence-electron chi connectivity index (χ3n) is 6.47. The first-order valence-electron chi connectivity index (χ1n) is 14.0. The van der Waals surface area contributed by atoms with Gasteiger partial charge in [0.05, 0.1) is 43.2 Å². The van der Waals surface area contributed by atoms with Gasteiger partial charge in [0.2, 0.25) is 11.8 Å². The molecule has 4 atom stereocenters. The van der Waals surface area contributed by atoms with Crippen molar-refractivity contribution in [1.29, 1.82) is 0 Å². The smallest absolute Gasteiger partial charge is 0.326 e. The summed E-state index contributed by atoms with van der Waals surface area (Å²) in [5.74, 6) is -2.48. The van der Waals surface area contributed by atoms with Crippen LogP contribution in [0.15, 0.2) is 18.3 Å². The van der Waals surface area contributed by atoms with Crippen LogP contribution in [0, 0.1) is 5.92 Å². The number of rotatable bonds is 15. The molecule has 4 unspecified atom stereocenters. The highest BCUT2D eigenvalue weighted by Crippen LogP contribution is 2.19. The van der Waals surface area contributed by atoms with Crippen LogP contribution >= 0.6 is 0 Å². The van der Waals surface area contributed by atoms with Gasteiger partial charge in [-0.3, -0.25) is 20.1 Å². The molecule has 0 aromatic carbocycles. The number of aromatic nitrogens is 2. The molecule has 2 aliphatic rings. The average molecular weight is 591 g/mol. The highest BCUT2D eigenvalue weighted by molar-refractivity contribution is 5.98. The molecule has 0 saturated carbocycles. The van der Waals surface area contributed by atoms with Crippen LogP contribution in [0.4, 0.5) is 5.82 Å². The van der Waals surface area contributed by atoms with E-state index in [0.717, 1.165) is 0 Å². The fourth-order valence-electron chi connectivity index (χ4n) is 4.28. The van der Waals surface area contributed by atoms with Crippen LogP contribution in [-0.4, -0.2) is 89.1 Å². The average Bonchev–Trinajstić information content (AvgIpc) is 2.93. The van der Waals surface area contributed by atoms with E-state index in [1.807, 2.05) is 26.8 Å². The molecule has 1 aromatic rings. The molecule has 1 aromatic heterocycles. The summed E-state index contributed by atoms with van der Waals surface area (Å²) in [6.45, 7) is 7.67. The Bertz CT molecular complexity index is 1140. The molecular weight excluding hydrogens is 548 g/mol. The zero-order valence-corrected chi connectivity index (χ0v) is 24.3. The fraction of sp³-hybridized carbons (Fsp3) is 0.630. The molecule has 0 saturated heterocycles. The van der Waals surface area contributed by atoms with Gasteiger partial charge in [0.1, 0.15) is 6.04 Å². The van der Waals surface area contributed by atoms with Crippen LogP contribution in [-0.2, 0) is 30.4 Å². The zero-order valence-electron chi connectivity index (χ0n) is 24.3. The van der Waals surface area contributed by atoms with Gasteiger partial charge in [-0.2, -0.15) is 0 Å². The predicted molar refractivity (Wildman–Crippen MR) is 152 cm³/mol. The Morgan fingerprint density at radius 3 is 2.64 bits per heavy atom. The molecule has 0 spiro atoms. The number of anilines is 1. The zero-order chi connectivity index (χ0) is 30.7. The minimum atomic E-state index is -1.20. The van der Waals surface area contributed by atoms with E-state index in [2.05, 4.69) is 36.6 Å². The van der Waals surface area contributed by atoms with Gasteiger partial charge in [-0.05, 0) is 40.0 Å². The quantitative estimate of drug-likeness (QED) is 0.102. The number of aliphatic carboxylic acids is 1. The summed E-state index contributed by atoms with van der Waals surface area (Å²) >= 11 is 0. The highest BCUT2D eigenvalue weighted by atomic mass is 16.5. The van der Waals surface area contributed by atoms with E-state index in [0.29, 0.717) is 57.3 Å². The van der Waals surface area contributed by atoms with Crippen LogP contribution in [0.2, 0.25) is 0 Å². The van der Waals surface area contributed by atoms with Crippen LogP contribution in [0.5, 0.6) is 0 Å². The van der Waals surface area contributed by atoms with Gasteiger partial charge in [-0.25, -0.2) is 14.8 Å². The number of carboxylic acids is 1. The van der Waals surface area contributed by atoms with E-state index in [4.69, 9.17) is 15.2 Å². The van der Waals surface area contributed by atoms with E-state index in [-0.39, 0.29) is 36.1 Å². The van der Waals surface area contributed by atoms with E-state index < -0.39 is 36.0 Å². The standard InChI is InChI=1S/C27H42N8O7/c1-27(2,3)42-13-12-41-11-10-29-20(36)9-8-19(25(39)40)33-23(37)16-4-6-17(7-5-16)30-14-18-15-31-22-21(32-18)24(38)35-26(28)34-22/h4,6,15-17,19,26,30H,5,7-14,28H2,1-3H3,(H,29,36)(H,31,34)(H,33,37)(H,35,38)(H,39,40). The maximum atomic E-state index is 12.7. The molecule has 2 heterocycles. The monoisotopic (exact) mass is 590 g/mol. The summed E-state index contributed by atoms with van der Waals surface area (Å²) in [6, 6.07) is -1.22. The van der Waals surface area contributed by atoms with Gasteiger partial charge in [-0.15, -0.1) is 0 Å². The van der Waals surface area contributed by atoms with Gasteiger partial charge < -0.3 is 41.2 Å². The summed E-state index contributed by atoms with van der Waals surface area (Å²) in [4.78, 5) is 57.2. The largest absolute Gasteiger partial charge is 0.480 e. The van der Waals surface area contributed by atoms with Crippen molar-refractivity contribution in [2.75, 3.05) is 31.7 Å². The van der Waals surface area contributed by atoms with Gasteiger partial charge in [0.25, 0.3) is 5.91 Å². The third kappa shape index (κ3) is 11.0. The normalized spacial score (nSPS) is 20.6. The number of carboxylic acid groups (broad SMARTS) is 1. The molecule has 3 rings (SSSR count). The van der Waals surface area contributed by atoms with Crippen LogP contribution < -0.4 is 32.3 Å². The molecule has 8 N–H and O–H groups in total. The predicted octanol–water partition coefficient (Wildman–Crippen LogP) is -0.404. The second kappa shape index (κ2) is 15.5. The number of carbonyl (C=O) groups excluding carboxylic acids is 3. The SMILES string of the molecule is CC(C)(C)OCCOCCNC(=O)CCC(NC(=O)C1C=CC(NCc2cnc3c(n2)C(=O)NC(N)N3)CC1)C(=O)O. The van der Waals surface area contributed by atoms with Crippen molar-refractivity contribution >= 4 is 29.5 Å².